The van der Waals surface area contributed by atoms with Crippen LogP contribution in [0, 0.1) is 10.1 Å². The van der Waals surface area contributed by atoms with Crippen LogP contribution in [0.2, 0.25) is 0 Å². The van der Waals surface area contributed by atoms with Gasteiger partial charge in [-0.2, -0.15) is 0 Å². The van der Waals surface area contributed by atoms with Crippen LogP contribution >= 0.6 is 0 Å². The first-order valence-corrected chi connectivity index (χ1v) is 5.12. The van der Waals surface area contributed by atoms with Crippen molar-refractivity contribution in [2.24, 2.45) is 5.16 Å². The zero-order chi connectivity index (χ0) is 13.3. The number of fused-ring (bicyclic) bond motifs is 1. The van der Waals surface area contributed by atoms with E-state index in [1.807, 2.05) is 0 Å². The van der Waals surface area contributed by atoms with Crippen molar-refractivity contribution >= 4 is 22.2 Å². The molecule has 0 aromatic heterocycles. The van der Waals surface area contributed by atoms with E-state index in [2.05, 4.69) is 5.16 Å². The first-order valence-electron chi connectivity index (χ1n) is 5.12. The normalized spacial score (nSPS) is 11.7. The van der Waals surface area contributed by atoms with E-state index < -0.39 is 4.92 Å². The van der Waals surface area contributed by atoms with E-state index in [0.29, 0.717) is 0 Å². The number of oxime groups is 1. The molecule has 0 unspecified atom stereocenters. The Kier molecular flexibility index (Phi) is 2.85. The van der Waals surface area contributed by atoms with E-state index in [9.17, 15) is 15.2 Å². The molecule has 0 aliphatic heterocycles. The van der Waals surface area contributed by atoms with Crippen molar-refractivity contribution in [3.05, 3.63) is 46.0 Å². The van der Waals surface area contributed by atoms with Crippen molar-refractivity contribution in [2.45, 2.75) is 6.92 Å². The highest BCUT2D eigenvalue weighted by atomic mass is 16.6. The van der Waals surface area contributed by atoms with Gasteiger partial charge in [0.05, 0.1) is 16.0 Å². The highest BCUT2D eigenvalue weighted by Crippen LogP contribution is 2.34. The van der Waals surface area contributed by atoms with Gasteiger partial charge in [-0.3, -0.25) is 10.1 Å². The fraction of sp³-hybridized carbons (Fsp3) is 0.0833. The lowest BCUT2D eigenvalue weighted by Gasteiger charge is -2.16. The third-order valence-corrected chi connectivity index (χ3v) is 2.71. The van der Waals surface area contributed by atoms with Crippen LogP contribution in [0.15, 0.2) is 35.5 Å². The van der Waals surface area contributed by atoms with Gasteiger partial charge >= 0.3 is 0 Å². The molecule has 2 aromatic rings. The van der Waals surface area contributed by atoms with E-state index in [0.717, 1.165) is 6.07 Å². The number of non-ortho nitro benzene ring substituents is 1. The lowest BCUT2D eigenvalue weighted by atomic mass is 10.0. The minimum atomic E-state index is -0.560. The summed E-state index contributed by atoms with van der Waals surface area (Å²) < 4.78 is 0. The molecule has 0 spiro atoms. The van der Waals surface area contributed by atoms with Crippen molar-refractivity contribution < 1.29 is 15.2 Å². The Morgan fingerprint density at radius 1 is 1.33 bits per heavy atom. The largest absolute Gasteiger partial charge is 0.872 e. The Bertz CT molecular complexity index is 664. The van der Waals surface area contributed by atoms with Crippen LogP contribution in [-0.2, 0) is 0 Å². The zero-order valence-electron chi connectivity index (χ0n) is 9.45. The molecule has 0 fully saturated rings. The fourth-order valence-corrected chi connectivity index (χ4v) is 1.80. The number of hydrogen-bond donors (Lipinski definition) is 1. The summed E-state index contributed by atoms with van der Waals surface area (Å²) in [5.41, 5.74) is -0.0973. The van der Waals surface area contributed by atoms with Gasteiger partial charge in [-0.15, -0.1) is 0 Å². The van der Waals surface area contributed by atoms with Crippen molar-refractivity contribution in [3.8, 4) is 5.75 Å². The summed E-state index contributed by atoms with van der Waals surface area (Å²) in [7, 11) is 0. The monoisotopic (exact) mass is 245 g/mol. The topological polar surface area (TPSA) is 98.8 Å². The maximum absolute atomic E-state index is 12.1. The number of benzene rings is 2. The highest BCUT2D eigenvalue weighted by molar-refractivity contribution is 6.08. The maximum atomic E-state index is 12.1. The highest BCUT2D eigenvalue weighted by Gasteiger charge is 2.16. The summed E-state index contributed by atoms with van der Waals surface area (Å²) in [5, 5.41) is 35.2. The van der Waals surface area contributed by atoms with Gasteiger partial charge in [-0.25, -0.2) is 0 Å². The van der Waals surface area contributed by atoms with E-state index in [4.69, 9.17) is 5.21 Å². The first-order chi connectivity index (χ1) is 8.56. The minimum absolute atomic E-state index is 0.0305. The molecule has 6 nitrogen and oxygen atoms in total. The molecular formula is C12H9N2O4-. The summed E-state index contributed by atoms with van der Waals surface area (Å²) in [4.78, 5) is 10.4. The van der Waals surface area contributed by atoms with Crippen LogP contribution in [0.25, 0.3) is 10.8 Å². The van der Waals surface area contributed by atoms with E-state index >= 15 is 0 Å². The van der Waals surface area contributed by atoms with E-state index in [1.54, 1.807) is 12.1 Å². The summed E-state index contributed by atoms with van der Waals surface area (Å²) in [5.74, 6) is -0.383. The molecule has 0 radical (unpaired) electrons. The van der Waals surface area contributed by atoms with Crippen LogP contribution in [0.4, 0.5) is 5.69 Å². The van der Waals surface area contributed by atoms with Gasteiger partial charge in [0.15, 0.2) is 0 Å². The Morgan fingerprint density at radius 2 is 1.94 bits per heavy atom. The number of nitro groups is 1. The number of nitrogens with zero attached hydrogens (tertiary/aromatic N) is 2. The summed E-state index contributed by atoms with van der Waals surface area (Å²) in [6, 6.07) is 7.42. The fourth-order valence-electron chi connectivity index (χ4n) is 1.80. The molecule has 0 aliphatic rings. The van der Waals surface area contributed by atoms with Crippen molar-refractivity contribution in [1.29, 1.82) is 0 Å². The van der Waals surface area contributed by atoms with Gasteiger partial charge in [0, 0.05) is 6.07 Å². The Morgan fingerprint density at radius 3 is 2.50 bits per heavy atom. The molecule has 92 valence electrons. The van der Waals surface area contributed by atoms with Crippen LogP contribution in [0.3, 0.4) is 0 Å². The van der Waals surface area contributed by atoms with Crippen LogP contribution in [0.1, 0.15) is 12.5 Å². The van der Waals surface area contributed by atoms with E-state index in [1.165, 1.54) is 19.1 Å². The summed E-state index contributed by atoms with van der Waals surface area (Å²) in [6.07, 6.45) is 0. The standard InChI is InChI=1S/C12H10N2O4/c1-7(13-16)10-6-11(14(17)18)8-4-2-3-5-9(8)12(10)15/h2-6,15-16H,1H3/p-1/b13-7+. The quantitative estimate of drug-likeness (QED) is 0.378. The van der Waals surface area contributed by atoms with Gasteiger partial charge in [0.25, 0.3) is 5.69 Å². The van der Waals surface area contributed by atoms with Crippen molar-refractivity contribution in [1.82, 2.24) is 0 Å². The Balaban J connectivity index is 2.92. The summed E-state index contributed by atoms with van der Waals surface area (Å²) in [6.45, 7) is 1.41. The maximum Gasteiger partial charge on any atom is 0.277 e. The van der Waals surface area contributed by atoms with Crippen LogP contribution in [0.5, 0.6) is 5.75 Å². The molecule has 0 aliphatic carbocycles. The number of hydrogen-bond acceptors (Lipinski definition) is 5. The van der Waals surface area contributed by atoms with Gasteiger partial charge in [0.1, 0.15) is 0 Å². The molecule has 0 bridgehead atoms. The van der Waals surface area contributed by atoms with Gasteiger partial charge in [-0.05, 0) is 23.9 Å². The van der Waals surface area contributed by atoms with Crippen molar-refractivity contribution in [2.75, 3.05) is 0 Å². The third kappa shape index (κ3) is 1.73. The second-order valence-corrected chi connectivity index (χ2v) is 3.76. The second-order valence-electron chi connectivity index (χ2n) is 3.76. The lowest BCUT2D eigenvalue weighted by Crippen LogP contribution is -2.05. The van der Waals surface area contributed by atoms with Gasteiger partial charge < -0.3 is 10.3 Å². The average Bonchev–Trinajstić information content (AvgIpc) is 2.38. The van der Waals surface area contributed by atoms with E-state index in [-0.39, 0.29) is 33.5 Å². The predicted octanol–water partition coefficient (Wildman–Crippen LogP) is 2.02. The predicted molar refractivity (Wildman–Crippen MR) is 64.0 cm³/mol. The molecular weight excluding hydrogens is 236 g/mol. The number of nitro benzene ring substituents is 1. The lowest BCUT2D eigenvalue weighted by molar-refractivity contribution is -0.383. The third-order valence-electron chi connectivity index (χ3n) is 2.71. The average molecular weight is 245 g/mol. The van der Waals surface area contributed by atoms with Crippen molar-refractivity contribution in [3.63, 3.8) is 0 Å². The molecule has 2 rings (SSSR count). The minimum Gasteiger partial charge on any atom is -0.872 e. The molecule has 2 aromatic carbocycles. The Labute approximate surface area is 102 Å². The Hall–Kier alpha value is -2.63. The molecule has 0 atom stereocenters. The molecule has 0 heterocycles. The SMILES string of the molecule is C/C(=N\O)c1cc([N+](=O)[O-])c2ccccc2c1[O-]. The first kappa shape index (κ1) is 11.8. The van der Waals surface area contributed by atoms with Gasteiger partial charge in [-0.1, -0.05) is 29.1 Å². The molecule has 0 saturated carbocycles. The zero-order valence-corrected chi connectivity index (χ0v) is 9.45. The number of rotatable bonds is 2. The molecule has 0 amide bonds. The summed E-state index contributed by atoms with van der Waals surface area (Å²) >= 11 is 0. The molecule has 0 saturated heterocycles. The van der Waals surface area contributed by atoms with Crippen LogP contribution < -0.4 is 5.11 Å². The second kappa shape index (κ2) is 4.33. The smallest absolute Gasteiger partial charge is 0.277 e. The van der Waals surface area contributed by atoms with Gasteiger partial charge in [0.2, 0.25) is 0 Å². The molecule has 6 heteroatoms. The molecule has 1 N–H and O–H groups in total. The van der Waals surface area contributed by atoms with Crippen LogP contribution in [-0.4, -0.2) is 15.8 Å². The molecule has 18 heavy (non-hydrogen) atoms.